The van der Waals surface area contributed by atoms with Gasteiger partial charge < -0.3 is 24.8 Å². The third kappa shape index (κ3) is 2.93. The van der Waals surface area contributed by atoms with E-state index in [9.17, 15) is 29.7 Å². The van der Waals surface area contributed by atoms with Crippen molar-refractivity contribution in [3.05, 3.63) is 20.8 Å². The number of carbonyl (C=O) groups excluding carboxylic acids is 1. The molecule has 13 heteroatoms. The number of hydrogen-bond acceptors (Lipinski definition) is 11. The SMILES string of the molecule is CCOC(=O)Cn1c(=O)c2nsnc2n([C@@H]2O[C@H](CO)[C@@H](O)[C@H]2O)c1=O. The third-order valence-corrected chi connectivity index (χ3v) is 4.47. The Kier molecular flexibility index (Phi) is 5.15. The first-order chi connectivity index (χ1) is 12.4. The van der Waals surface area contributed by atoms with Crippen LogP contribution in [0.3, 0.4) is 0 Å². The largest absolute Gasteiger partial charge is 0.465 e. The maximum Gasteiger partial charge on any atom is 0.335 e. The Morgan fingerprint density at radius 3 is 2.65 bits per heavy atom. The molecule has 0 radical (unpaired) electrons. The van der Waals surface area contributed by atoms with Crippen molar-refractivity contribution in [2.24, 2.45) is 0 Å². The van der Waals surface area contributed by atoms with Crippen molar-refractivity contribution in [2.45, 2.75) is 38.0 Å². The molecule has 1 aliphatic rings. The smallest absolute Gasteiger partial charge is 0.335 e. The second-order valence-corrected chi connectivity index (χ2v) is 6.04. The van der Waals surface area contributed by atoms with Crippen molar-refractivity contribution >= 4 is 28.9 Å². The van der Waals surface area contributed by atoms with Crippen LogP contribution in [0.4, 0.5) is 0 Å². The molecule has 3 N–H and O–H groups in total. The third-order valence-electron chi connectivity index (χ3n) is 3.95. The highest BCUT2D eigenvalue weighted by molar-refractivity contribution is 7.00. The van der Waals surface area contributed by atoms with Crippen molar-refractivity contribution in [1.29, 1.82) is 0 Å². The normalized spacial score (nSPS) is 25.7. The van der Waals surface area contributed by atoms with Gasteiger partial charge in [-0.3, -0.25) is 9.59 Å². The summed E-state index contributed by atoms with van der Waals surface area (Å²) in [7, 11) is 0. The minimum atomic E-state index is -1.57. The van der Waals surface area contributed by atoms with E-state index in [1.165, 1.54) is 0 Å². The number of esters is 1. The second kappa shape index (κ2) is 7.20. The molecule has 3 rings (SSSR count). The molecule has 0 saturated carbocycles. The van der Waals surface area contributed by atoms with Crippen molar-refractivity contribution in [2.75, 3.05) is 13.2 Å². The van der Waals surface area contributed by atoms with E-state index in [2.05, 4.69) is 8.75 Å². The summed E-state index contributed by atoms with van der Waals surface area (Å²) in [6.07, 6.45) is -5.57. The van der Waals surface area contributed by atoms with Gasteiger partial charge in [0.05, 0.1) is 24.9 Å². The van der Waals surface area contributed by atoms with Gasteiger partial charge in [0.15, 0.2) is 17.4 Å². The number of rotatable bonds is 5. The first-order valence-electron chi connectivity index (χ1n) is 7.66. The van der Waals surface area contributed by atoms with Crippen LogP contribution in [0.5, 0.6) is 0 Å². The van der Waals surface area contributed by atoms with Crippen LogP contribution in [-0.2, 0) is 20.8 Å². The van der Waals surface area contributed by atoms with Gasteiger partial charge in [-0.15, -0.1) is 0 Å². The molecule has 4 atom stereocenters. The van der Waals surface area contributed by atoms with Gasteiger partial charge in [0.25, 0.3) is 5.56 Å². The Bertz CT molecular complexity index is 936. The Labute approximate surface area is 149 Å². The number of aromatic nitrogens is 4. The fourth-order valence-electron chi connectivity index (χ4n) is 2.71. The number of carbonyl (C=O) groups is 1. The summed E-state index contributed by atoms with van der Waals surface area (Å²) in [6.45, 7) is 0.390. The van der Waals surface area contributed by atoms with Crippen LogP contribution < -0.4 is 11.2 Å². The molecule has 0 amide bonds. The summed E-state index contributed by atoms with van der Waals surface area (Å²) >= 11 is 0.657. The van der Waals surface area contributed by atoms with Crippen LogP contribution in [0.25, 0.3) is 11.2 Å². The van der Waals surface area contributed by atoms with Crippen molar-refractivity contribution < 1.29 is 29.6 Å². The van der Waals surface area contributed by atoms with Gasteiger partial charge in [-0.05, 0) is 6.92 Å². The van der Waals surface area contributed by atoms with Crippen LogP contribution in [0.1, 0.15) is 13.2 Å². The van der Waals surface area contributed by atoms with E-state index in [1.54, 1.807) is 6.92 Å². The number of nitrogens with zero attached hydrogens (tertiary/aromatic N) is 4. The molecule has 0 spiro atoms. The summed E-state index contributed by atoms with van der Waals surface area (Å²) in [6, 6.07) is 0. The summed E-state index contributed by atoms with van der Waals surface area (Å²) in [4.78, 5) is 37.0. The van der Waals surface area contributed by atoms with Crippen molar-refractivity contribution in [1.82, 2.24) is 17.9 Å². The molecule has 2 aromatic heterocycles. The van der Waals surface area contributed by atoms with Crippen LogP contribution >= 0.6 is 11.7 Å². The monoisotopic (exact) mass is 388 g/mol. The Hall–Kier alpha value is -2.19. The van der Waals surface area contributed by atoms with E-state index >= 15 is 0 Å². The predicted molar refractivity (Wildman–Crippen MR) is 85.6 cm³/mol. The molecule has 3 heterocycles. The molecule has 1 saturated heterocycles. The molecule has 0 unspecified atom stereocenters. The van der Waals surface area contributed by atoms with E-state index in [-0.39, 0.29) is 17.8 Å². The molecule has 0 bridgehead atoms. The molecular weight excluding hydrogens is 372 g/mol. The van der Waals surface area contributed by atoms with Gasteiger partial charge in [0.1, 0.15) is 24.9 Å². The van der Waals surface area contributed by atoms with Gasteiger partial charge in [0.2, 0.25) is 0 Å². The lowest BCUT2D eigenvalue weighted by molar-refractivity contribution is -0.144. The minimum absolute atomic E-state index is 0.0666. The number of hydrogen-bond donors (Lipinski definition) is 3. The first kappa shape index (κ1) is 18.6. The molecular formula is C13H16N4O8S. The Balaban J connectivity index is 2.17. The summed E-state index contributed by atoms with van der Waals surface area (Å²) in [5, 5.41) is 29.3. The van der Waals surface area contributed by atoms with E-state index in [1.807, 2.05) is 0 Å². The molecule has 0 aromatic carbocycles. The topological polar surface area (TPSA) is 166 Å². The quantitative estimate of drug-likeness (QED) is 0.455. The zero-order chi connectivity index (χ0) is 19.0. The lowest BCUT2D eigenvalue weighted by atomic mass is 10.1. The fraction of sp³-hybridized carbons (Fsp3) is 0.615. The lowest BCUT2D eigenvalue weighted by Gasteiger charge is -2.19. The second-order valence-electron chi connectivity index (χ2n) is 5.51. The van der Waals surface area contributed by atoms with Gasteiger partial charge >= 0.3 is 11.7 Å². The van der Waals surface area contributed by atoms with Crippen LogP contribution in [0.15, 0.2) is 9.59 Å². The Morgan fingerprint density at radius 1 is 1.31 bits per heavy atom. The highest BCUT2D eigenvalue weighted by atomic mass is 32.1. The summed E-state index contributed by atoms with van der Waals surface area (Å²) in [5.41, 5.74) is -2.18. The van der Waals surface area contributed by atoms with Crippen molar-refractivity contribution in [3.63, 3.8) is 0 Å². The Morgan fingerprint density at radius 2 is 2.04 bits per heavy atom. The molecule has 1 aliphatic heterocycles. The van der Waals surface area contributed by atoms with Gasteiger partial charge in [-0.25, -0.2) is 13.9 Å². The van der Waals surface area contributed by atoms with Crippen LogP contribution in [0.2, 0.25) is 0 Å². The van der Waals surface area contributed by atoms with Gasteiger partial charge in [0, 0.05) is 0 Å². The average Bonchev–Trinajstić information content (AvgIpc) is 3.19. The number of fused-ring (bicyclic) bond motifs is 1. The van der Waals surface area contributed by atoms with Gasteiger partial charge in [-0.2, -0.15) is 8.75 Å². The fourth-order valence-corrected chi connectivity index (χ4v) is 3.24. The van der Waals surface area contributed by atoms with Crippen molar-refractivity contribution in [3.8, 4) is 0 Å². The molecule has 2 aromatic rings. The molecule has 26 heavy (non-hydrogen) atoms. The van der Waals surface area contributed by atoms with E-state index in [0.29, 0.717) is 16.3 Å². The number of aliphatic hydroxyl groups excluding tert-OH is 3. The summed E-state index contributed by atoms with van der Waals surface area (Å²) < 4.78 is 19.2. The summed E-state index contributed by atoms with van der Waals surface area (Å²) in [5.74, 6) is -0.804. The molecule has 0 aliphatic carbocycles. The standard InChI is InChI=1S/C13H16N4O8S/c1-2-24-6(19)3-16-11(22)7-10(15-26-14-7)17(13(16)23)12-9(21)8(20)5(4-18)25-12/h5,8-9,12,18,20-21H,2-4H2,1H3/t5-,8-,9-,12-/m1/s1. The molecule has 1 fully saturated rings. The molecule has 142 valence electrons. The first-order valence-corrected chi connectivity index (χ1v) is 8.39. The van der Waals surface area contributed by atoms with Crippen LogP contribution in [-0.4, -0.2) is 70.7 Å². The highest BCUT2D eigenvalue weighted by Gasteiger charge is 2.45. The van der Waals surface area contributed by atoms with E-state index < -0.39 is 54.9 Å². The van der Waals surface area contributed by atoms with Gasteiger partial charge in [-0.1, -0.05) is 0 Å². The maximum atomic E-state index is 12.8. The minimum Gasteiger partial charge on any atom is -0.465 e. The predicted octanol–water partition coefficient (Wildman–Crippen LogP) is -2.81. The van der Waals surface area contributed by atoms with E-state index in [0.717, 1.165) is 4.57 Å². The lowest BCUT2D eigenvalue weighted by Crippen LogP contribution is -2.45. The zero-order valence-corrected chi connectivity index (χ0v) is 14.3. The average molecular weight is 388 g/mol. The van der Waals surface area contributed by atoms with E-state index in [4.69, 9.17) is 9.47 Å². The number of aliphatic hydroxyl groups is 3. The number of ether oxygens (including phenoxy) is 2. The molecule has 12 nitrogen and oxygen atoms in total. The maximum absolute atomic E-state index is 12.8. The van der Waals surface area contributed by atoms with Crippen LogP contribution in [0, 0.1) is 0 Å². The zero-order valence-electron chi connectivity index (χ0n) is 13.5. The highest BCUT2D eigenvalue weighted by Crippen LogP contribution is 2.29.